The summed E-state index contributed by atoms with van der Waals surface area (Å²) in [6, 6.07) is 14.1. The molecule has 2 heteroatoms. The van der Waals surface area contributed by atoms with Crippen LogP contribution >= 0.6 is 0 Å². The van der Waals surface area contributed by atoms with Crippen LogP contribution in [0.15, 0.2) is 47.5 Å². The number of hydrogen-bond donors (Lipinski definition) is 0. The molecule has 0 fully saturated rings. The first kappa shape index (κ1) is 12.4. The Kier molecular flexibility index (Phi) is 3.78. The van der Waals surface area contributed by atoms with Gasteiger partial charge in [-0.15, -0.1) is 0 Å². The highest BCUT2D eigenvalue weighted by Crippen LogP contribution is 2.21. The van der Waals surface area contributed by atoms with Crippen LogP contribution < -0.4 is 4.74 Å². The first-order valence-electron chi connectivity index (χ1n) is 5.95. The molecule has 0 heterocycles. The van der Waals surface area contributed by atoms with Crippen molar-refractivity contribution in [3.05, 3.63) is 59.2 Å². The van der Waals surface area contributed by atoms with Gasteiger partial charge in [0.15, 0.2) is 0 Å². The van der Waals surface area contributed by atoms with Crippen LogP contribution in [0.5, 0.6) is 5.75 Å². The van der Waals surface area contributed by atoms with Crippen molar-refractivity contribution < 1.29 is 4.74 Å². The predicted octanol–water partition coefficient (Wildman–Crippen LogP) is 4.06. The molecule has 0 radical (unpaired) electrons. The Balaban J connectivity index is 2.33. The number of benzene rings is 2. The standard InChI is InChI=1S/C16H17NO/c1-12-8-9-13(2)15(10-12)17-11-14-6-4-5-7-16(14)18-3/h4-11H,1-3H3/b17-11+. The van der Waals surface area contributed by atoms with E-state index in [2.05, 4.69) is 37.0 Å². The number of aryl methyl sites for hydroxylation is 2. The summed E-state index contributed by atoms with van der Waals surface area (Å²) < 4.78 is 5.30. The molecular formula is C16H17NO. The minimum Gasteiger partial charge on any atom is -0.496 e. The van der Waals surface area contributed by atoms with Crippen molar-refractivity contribution in [1.82, 2.24) is 0 Å². The Hall–Kier alpha value is -2.09. The monoisotopic (exact) mass is 239 g/mol. The van der Waals surface area contributed by atoms with E-state index in [9.17, 15) is 0 Å². The van der Waals surface area contributed by atoms with Gasteiger partial charge >= 0.3 is 0 Å². The Labute approximate surface area is 108 Å². The van der Waals surface area contributed by atoms with Gasteiger partial charge in [-0.05, 0) is 43.2 Å². The fraction of sp³-hybridized carbons (Fsp3) is 0.188. The fourth-order valence-corrected chi connectivity index (χ4v) is 1.77. The minimum absolute atomic E-state index is 0.839. The number of nitrogens with zero attached hydrogens (tertiary/aromatic N) is 1. The van der Waals surface area contributed by atoms with Crippen molar-refractivity contribution in [2.45, 2.75) is 13.8 Å². The number of rotatable bonds is 3. The summed E-state index contributed by atoms with van der Waals surface area (Å²) in [5.41, 5.74) is 4.38. The smallest absolute Gasteiger partial charge is 0.127 e. The van der Waals surface area contributed by atoms with Crippen molar-refractivity contribution >= 4 is 11.9 Å². The highest BCUT2D eigenvalue weighted by molar-refractivity contribution is 5.85. The van der Waals surface area contributed by atoms with Gasteiger partial charge in [-0.3, -0.25) is 4.99 Å². The van der Waals surface area contributed by atoms with Gasteiger partial charge in [-0.2, -0.15) is 0 Å². The zero-order valence-electron chi connectivity index (χ0n) is 11.0. The third-order valence-electron chi connectivity index (χ3n) is 2.85. The molecule has 0 atom stereocenters. The van der Waals surface area contributed by atoms with E-state index in [4.69, 9.17) is 4.74 Å². The van der Waals surface area contributed by atoms with E-state index < -0.39 is 0 Å². The van der Waals surface area contributed by atoms with Crippen molar-refractivity contribution in [2.75, 3.05) is 7.11 Å². The second kappa shape index (κ2) is 5.50. The number of methoxy groups -OCH3 is 1. The summed E-state index contributed by atoms with van der Waals surface area (Å²) in [5.74, 6) is 0.839. The fourth-order valence-electron chi connectivity index (χ4n) is 1.77. The summed E-state index contributed by atoms with van der Waals surface area (Å²) in [7, 11) is 1.67. The molecule has 0 saturated heterocycles. The molecule has 2 aromatic carbocycles. The third-order valence-corrected chi connectivity index (χ3v) is 2.85. The normalized spacial score (nSPS) is 10.8. The molecule has 0 aliphatic rings. The van der Waals surface area contributed by atoms with Crippen LogP contribution in [0, 0.1) is 13.8 Å². The lowest BCUT2D eigenvalue weighted by atomic mass is 10.1. The number of hydrogen-bond acceptors (Lipinski definition) is 2. The van der Waals surface area contributed by atoms with Gasteiger partial charge in [0.2, 0.25) is 0 Å². The van der Waals surface area contributed by atoms with Gasteiger partial charge in [0, 0.05) is 11.8 Å². The largest absolute Gasteiger partial charge is 0.496 e. The SMILES string of the molecule is COc1ccccc1/C=N/c1cc(C)ccc1C. The van der Waals surface area contributed by atoms with Crippen LogP contribution in [-0.4, -0.2) is 13.3 Å². The van der Waals surface area contributed by atoms with Crippen molar-refractivity contribution in [2.24, 2.45) is 4.99 Å². The second-order valence-corrected chi connectivity index (χ2v) is 4.29. The van der Waals surface area contributed by atoms with Crippen LogP contribution in [-0.2, 0) is 0 Å². The van der Waals surface area contributed by atoms with E-state index in [0.717, 1.165) is 17.0 Å². The lowest BCUT2D eigenvalue weighted by Gasteiger charge is -2.04. The maximum Gasteiger partial charge on any atom is 0.127 e. The minimum atomic E-state index is 0.839. The maximum atomic E-state index is 5.30. The van der Waals surface area contributed by atoms with Crippen molar-refractivity contribution in [1.29, 1.82) is 0 Å². The van der Waals surface area contributed by atoms with Gasteiger partial charge in [-0.1, -0.05) is 24.3 Å². The average Bonchev–Trinajstić information content (AvgIpc) is 2.40. The molecule has 0 spiro atoms. The molecule has 0 bridgehead atoms. The van der Waals surface area contributed by atoms with E-state index in [-0.39, 0.29) is 0 Å². The van der Waals surface area contributed by atoms with Gasteiger partial charge in [0.25, 0.3) is 0 Å². The van der Waals surface area contributed by atoms with Gasteiger partial charge in [0.05, 0.1) is 12.8 Å². The number of ether oxygens (including phenoxy) is 1. The topological polar surface area (TPSA) is 21.6 Å². The van der Waals surface area contributed by atoms with Crippen LogP contribution in [0.2, 0.25) is 0 Å². The molecule has 0 aliphatic heterocycles. The summed E-state index contributed by atoms with van der Waals surface area (Å²) in [4.78, 5) is 4.54. The van der Waals surface area contributed by atoms with Crippen LogP contribution in [0.3, 0.4) is 0 Å². The second-order valence-electron chi connectivity index (χ2n) is 4.29. The Bertz CT molecular complexity index is 573. The van der Waals surface area contributed by atoms with Crippen LogP contribution in [0.4, 0.5) is 5.69 Å². The molecule has 2 rings (SSSR count). The number of para-hydroxylation sites is 1. The summed E-state index contributed by atoms with van der Waals surface area (Å²) in [5, 5.41) is 0. The summed E-state index contributed by atoms with van der Waals surface area (Å²) >= 11 is 0. The van der Waals surface area contributed by atoms with Crippen molar-refractivity contribution in [3.8, 4) is 5.75 Å². The van der Waals surface area contributed by atoms with Crippen LogP contribution in [0.25, 0.3) is 0 Å². The van der Waals surface area contributed by atoms with Crippen molar-refractivity contribution in [3.63, 3.8) is 0 Å². The highest BCUT2D eigenvalue weighted by atomic mass is 16.5. The molecule has 0 aromatic heterocycles. The Morgan fingerprint density at radius 2 is 1.83 bits per heavy atom. The average molecular weight is 239 g/mol. The zero-order chi connectivity index (χ0) is 13.0. The van der Waals surface area contributed by atoms with E-state index >= 15 is 0 Å². The molecule has 0 aliphatic carbocycles. The zero-order valence-corrected chi connectivity index (χ0v) is 11.0. The van der Waals surface area contributed by atoms with Gasteiger partial charge in [0.1, 0.15) is 5.75 Å². The molecule has 92 valence electrons. The van der Waals surface area contributed by atoms with E-state index in [1.807, 2.05) is 30.5 Å². The molecule has 0 N–H and O–H groups in total. The Morgan fingerprint density at radius 1 is 1.06 bits per heavy atom. The first-order chi connectivity index (χ1) is 8.70. The molecule has 0 unspecified atom stereocenters. The molecule has 2 nitrogen and oxygen atoms in total. The van der Waals surface area contributed by atoms with E-state index in [0.29, 0.717) is 0 Å². The molecule has 2 aromatic rings. The number of aliphatic imine (C=N–C) groups is 1. The Morgan fingerprint density at radius 3 is 2.61 bits per heavy atom. The lowest BCUT2D eigenvalue weighted by Crippen LogP contribution is -1.89. The van der Waals surface area contributed by atoms with E-state index in [1.165, 1.54) is 11.1 Å². The molecular weight excluding hydrogens is 222 g/mol. The molecule has 18 heavy (non-hydrogen) atoms. The lowest BCUT2D eigenvalue weighted by molar-refractivity contribution is 0.414. The van der Waals surface area contributed by atoms with Crippen LogP contribution in [0.1, 0.15) is 16.7 Å². The predicted molar refractivity (Wildman–Crippen MR) is 76.2 cm³/mol. The van der Waals surface area contributed by atoms with Gasteiger partial charge < -0.3 is 4.74 Å². The summed E-state index contributed by atoms with van der Waals surface area (Å²) in [6.07, 6.45) is 1.85. The van der Waals surface area contributed by atoms with Gasteiger partial charge in [-0.25, -0.2) is 0 Å². The molecule has 0 amide bonds. The summed E-state index contributed by atoms with van der Waals surface area (Å²) in [6.45, 7) is 4.13. The molecule has 0 saturated carbocycles. The third kappa shape index (κ3) is 2.77. The first-order valence-corrected chi connectivity index (χ1v) is 5.95. The van der Waals surface area contributed by atoms with E-state index in [1.54, 1.807) is 7.11 Å². The highest BCUT2D eigenvalue weighted by Gasteiger charge is 1.99. The maximum absolute atomic E-state index is 5.30. The quantitative estimate of drug-likeness (QED) is 0.740.